The van der Waals surface area contributed by atoms with Crippen molar-refractivity contribution in [3.8, 4) is 0 Å². The van der Waals surface area contributed by atoms with E-state index in [4.69, 9.17) is 17.1 Å². The number of nitro groups is 1. The van der Waals surface area contributed by atoms with Gasteiger partial charge < -0.3 is 15.4 Å². The molecule has 1 heterocycles. The molecule has 1 aliphatic carbocycles. The summed E-state index contributed by atoms with van der Waals surface area (Å²) in [6, 6.07) is 9.79. The molecule has 1 aliphatic rings. The molecular weight excluding hydrogens is 366 g/mol. The SMILES string of the molecule is CNC(=S)C1(n2cnc([N+](=O)[O-])c2)CCCC=C1NOCc1ccccc1. The number of rotatable bonds is 7. The number of hydrogen-bond acceptors (Lipinski definition) is 6. The lowest BCUT2D eigenvalue weighted by molar-refractivity contribution is -0.389. The van der Waals surface area contributed by atoms with Gasteiger partial charge in [-0.2, -0.15) is 0 Å². The first kappa shape index (κ1) is 19.0. The van der Waals surface area contributed by atoms with Crippen LogP contribution in [0.25, 0.3) is 0 Å². The minimum absolute atomic E-state index is 0.219. The molecule has 1 unspecified atom stereocenters. The summed E-state index contributed by atoms with van der Waals surface area (Å²) in [5.41, 5.74) is 4.00. The Labute approximate surface area is 162 Å². The summed E-state index contributed by atoms with van der Waals surface area (Å²) in [4.78, 5) is 20.7. The van der Waals surface area contributed by atoms with Crippen LogP contribution < -0.4 is 10.8 Å². The van der Waals surface area contributed by atoms with Gasteiger partial charge in [0.1, 0.15) is 16.7 Å². The third kappa shape index (κ3) is 3.83. The number of allylic oxidation sites excluding steroid dienone is 1. The zero-order valence-corrected chi connectivity index (χ0v) is 15.7. The molecule has 0 saturated carbocycles. The third-order valence-corrected chi connectivity index (χ3v) is 5.14. The van der Waals surface area contributed by atoms with E-state index in [1.54, 1.807) is 11.6 Å². The van der Waals surface area contributed by atoms with Crippen molar-refractivity contribution in [1.82, 2.24) is 20.3 Å². The van der Waals surface area contributed by atoms with Crippen LogP contribution in [0.5, 0.6) is 0 Å². The molecule has 1 aromatic heterocycles. The molecule has 0 spiro atoms. The van der Waals surface area contributed by atoms with E-state index in [1.165, 1.54) is 12.5 Å². The molecule has 142 valence electrons. The van der Waals surface area contributed by atoms with E-state index in [2.05, 4.69) is 15.8 Å². The fourth-order valence-electron chi connectivity index (χ4n) is 3.25. The fourth-order valence-corrected chi connectivity index (χ4v) is 3.57. The summed E-state index contributed by atoms with van der Waals surface area (Å²) in [5.74, 6) is -0.219. The minimum Gasteiger partial charge on any atom is -0.380 e. The van der Waals surface area contributed by atoms with Crippen LogP contribution >= 0.6 is 12.2 Å². The molecule has 27 heavy (non-hydrogen) atoms. The number of benzene rings is 1. The van der Waals surface area contributed by atoms with Gasteiger partial charge in [0.2, 0.25) is 6.33 Å². The number of hydrogen-bond donors (Lipinski definition) is 2. The number of thiocarbonyl (C=S) groups is 1. The van der Waals surface area contributed by atoms with Gasteiger partial charge in [0.25, 0.3) is 0 Å². The van der Waals surface area contributed by atoms with Crippen LogP contribution in [-0.2, 0) is 17.0 Å². The Kier molecular flexibility index (Phi) is 5.82. The predicted octanol–water partition coefficient (Wildman–Crippen LogP) is 2.82. The van der Waals surface area contributed by atoms with Gasteiger partial charge in [-0.1, -0.05) is 48.6 Å². The van der Waals surface area contributed by atoms with Crippen molar-refractivity contribution >= 4 is 23.0 Å². The maximum atomic E-state index is 11.1. The topological polar surface area (TPSA) is 94.2 Å². The maximum absolute atomic E-state index is 11.1. The molecule has 0 aliphatic heterocycles. The van der Waals surface area contributed by atoms with E-state index in [0.717, 1.165) is 24.1 Å². The molecule has 3 rings (SSSR count). The average Bonchev–Trinajstić information content (AvgIpc) is 3.19. The van der Waals surface area contributed by atoms with Crippen LogP contribution in [0, 0.1) is 10.1 Å². The molecule has 8 nitrogen and oxygen atoms in total. The fraction of sp³-hybridized carbons (Fsp3) is 0.333. The number of hydroxylamine groups is 1. The van der Waals surface area contributed by atoms with Crippen molar-refractivity contribution in [3.63, 3.8) is 0 Å². The first-order chi connectivity index (χ1) is 13.1. The van der Waals surface area contributed by atoms with E-state index in [1.807, 2.05) is 36.4 Å². The molecule has 0 bridgehead atoms. The van der Waals surface area contributed by atoms with Gasteiger partial charge in [-0.15, -0.1) is 0 Å². The first-order valence-electron chi connectivity index (χ1n) is 8.61. The van der Waals surface area contributed by atoms with Crippen LogP contribution in [0.2, 0.25) is 0 Å². The molecule has 1 aromatic carbocycles. The van der Waals surface area contributed by atoms with E-state index < -0.39 is 10.5 Å². The second kappa shape index (κ2) is 8.28. The molecule has 1 atom stereocenters. The standard InChI is InChI=1S/C18H21N5O3S/c1-19-17(27)18(22-11-16(20-13-22)23(24)25)10-6-5-9-15(18)21-26-12-14-7-3-2-4-8-14/h2-4,7-9,11,13,21H,5-6,10,12H2,1H3,(H,19,27). The van der Waals surface area contributed by atoms with E-state index >= 15 is 0 Å². The summed E-state index contributed by atoms with van der Waals surface area (Å²) in [6.07, 6.45) is 7.29. The zero-order valence-electron chi connectivity index (χ0n) is 14.9. The summed E-state index contributed by atoms with van der Waals surface area (Å²) >= 11 is 5.60. The van der Waals surface area contributed by atoms with Crippen LogP contribution in [0.3, 0.4) is 0 Å². The highest BCUT2D eigenvalue weighted by Crippen LogP contribution is 2.36. The Morgan fingerprint density at radius 1 is 1.44 bits per heavy atom. The molecule has 9 heteroatoms. The summed E-state index contributed by atoms with van der Waals surface area (Å²) < 4.78 is 1.69. The van der Waals surface area contributed by atoms with Gasteiger partial charge in [-0.05, 0) is 34.7 Å². The first-order valence-corrected chi connectivity index (χ1v) is 9.02. The second-order valence-corrected chi connectivity index (χ2v) is 6.63. The highest BCUT2D eigenvalue weighted by Gasteiger charge is 2.43. The van der Waals surface area contributed by atoms with Crippen molar-refractivity contribution in [2.45, 2.75) is 31.4 Å². The van der Waals surface area contributed by atoms with Crippen LogP contribution in [0.15, 0.2) is 54.6 Å². The van der Waals surface area contributed by atoms with E-state index in [0.29, 0.717) is 18.0 Å². The number of imidazole rings is 1. The third-order valence-electron chi connectivity index (χ3n) is 4.60. The smallest absolute Gasteiger partial charge is 0.380 e. The minimum atomic E-state index is -0.805. The maximum Gasteiger partial charge on any atom is 0.381 e. The Bertz CT molecular complexity index is 852. The number of aromatic nitrogens is 2. The second-order valence-electron chi connectivity index (χ2n) is 6.22. The Morgan fingerprint density at radius 3 is 2.89 bits per heavy atom. The zero-order chi connectivity index (χ0) is 19.3. The Morgan fingerprint density at radius 2 is 2.22 bits per heavy atom. The molecule has 0 fully saturated rings. The monoisotopic (exact) mass is 387 g/mol. The summed E-state index contributed by atoms with van der Waals surface area (Å²) in [7, 11) is 1.74. The van der Waals surface area contributed by atoms with Crippen LogP contribution in [0.1, 0.15) is 24.8 Å². The number of nitrogens with zero attached hydrogens (tertiary/aromatic N) is 3. The van der Waals surface area contributed by atoms with Crippen molar-refractivity contribution in [3.05, 3.63) is 70.3 Å². The van der Waals surface area contributed by atoms with Gasteiger partial charge in [0.05, 0.1) is 12.3 Å². The molecule has 0 saturated heterocycles. The number of nitrogens with one attached hydrogen (secondary N) is 2. The van der Waals surface area contributed by atoms with Crippen molar-refractivity contribution in [2.75, 3.05) is 7.05 Å². The van der Waals surface area contributed by atoms with E-state index in [9.17, 15) is 10.1 Å². The molecule has 2 N–H and O–H groups in total. The van der Waals surface area contributed by atoms with Crippen molar-refractivity contribution in [1.29, 1.82) is 0 Å². The molecule has 2 aromatic rings. The Balaban J connectivity index is 1.87. The van der Waals surface area contributed by atoms with Gasteiger partial charge in [0, 0.05) is 7.05 Å². The molecular formula is C18H21N5O3S. The van der Waals surface area contributed by atoms with Crippen LogP contribution in [0.4, 0.5) is 5.82 Å². The summed E-state index contributed by atoms with van der Waals surface area (Å²) in [6.45, 7) is 0.380. The van der Waals surface area contributed by atoms with Gasteiger partial charge >= 0.3 is 5.82 Å². The highest BCUT2D eigenvalue weighted by atomic mass is 32.1. The average molecular weight is 387 g/mol. The lowest BCUT2D eigenvalue weighted by Crippen LogP contribution is -2.52. The predicted molar refractivity (Wildman–Crippen MR) is 105 cm³/mol. The van der Waals surface area contributed by atoms with Gasteiger partial charge in [-0.25, -0.2) is 0 Å². The lowest BCUT2D eigenvalue weighted by atomic mass is 9.83. The largest absolute Gasteiger partial charge is 0.381 e. The Hall–Kier alpha value is -2.78. The quantitative estimate of drug-likeness (QED) is 0.428. The summed E-state index contributed by atoms with van der Waals surface area (Å²) in [5, 5.41) is 14.1. The van der Waals surface area contributed by atoms with Gasteiger partial charge in [-0.3, -0.25) is 14.9 Å². The number of likely N-dealkylation sites (N-methyl/N-ethyl adjacent to an activating group) is 1. The van der Waals surface area contributed by atoms with Crippen molar-refractivity contribution < 1.29 is 9.76 Å². The normalized spacial score (nSPS) is 19.2. The van der Waals surface area contributed by atoms with Crippen LogP contribution in [-0.4, -0.2) is 26.5 Å². The molecule has 0 amide bonds. The van der Waals surface area contributed by atoms with E-state index in [-0.39, 0.29) is 5.82 Å². The van der Waals surface area contributed by atoms with Crippen molar-refractivity contribution in [2.24, 2.45) is 0 Å². The lowest BCUT2D eigenvalue weighted by Gasteiger charge is -2.39. The van der Waals surface area contributed by atoms with Gasteiger partial charge in [0.15, 0.2) is 0 Å². The molecule has 0 radical (unpaired) electrons. The highest BCUT2D eigenvalue weighted by molar-refractivity contribution is 7.80.